The highest BCUT2D eigenvalue weighted by molar-refractivity contribution is 5.98. The first kappa shape index (κ1) is 15.8. The minimum Gasteiger partial charge on any atom is -0.317 e. The van der Waals surface area contributed by atoms with Crippen molar-refractivity contribution in [1.29, 1.82) is 0 Å². The van der Waals surface area contributed by atoms with Gasteiger partial charge >= 0.3 is 0 Å². The number of piperidine rings is 1. The molecule has 2 aliphatic carbocycles. The highest BCUT2D eigenvalue weighted by Gasteiger charge is 2.40. The van der Waals surface area contributed by atoms with E-state index in [0.29, 0.717) is 23.8 Å². The number of nitrogens with zero attached hydrogens (tertiary/aromatic N) is 1. The number of fused-ring (bicyclic) bond motifs is 1. The fourth-order valence-electron chi connectivity index (χ4n) is 4.62. The van der Waals surface area contributed by atoms with E-state index < -0.39 is 0 Å². The van der Waals surface area contributed by atoms with E-state index in [1.165, 1.54) is 55.7 Å². The maximum Gasteiger partial charge on any atom is 0.230 e. The number of carbonyl (C=O) groups excluding carboxylic acids is 1. The van der Waals surface area contributed by atoms with Crippen LogP contribution in [0.2, 0.25) is 0 Å². The van der Waals surface area contributed by atoms with Gasteiger partial charge in [0.15, 0.2) is 0 Å². The standard InChI is InChI=1S/C21H29N3O/c25-21(15-1-2-15)24-10-7-17-11-16(3-4-20(17)24)18-12-19(18)23-13-14-5-8-22-9-6-14/h3-4,11,14-15,18-19,22-23H,1-2,5-10,12-13H2/t18-,19+/m0/s1. The van der Waals surface area contributed by atoms with Crippen LogP contribution >= 0.6 is 0 Å². The van der Waals surface area contributed by atoms with Crippen LogP contribution in [0.15, 0.2) is 18.2 Å². The first-order valence-electron chi connectivity index (χ1n) is 10.2. The Morgan fingerprint density at radius 2 is 2.04 bits per heavy atom. The van der Waals surface area contributed by atoms with Gasteiger partial charge in [-0.15, -0.1) is 0 Å². The van der Waals surface area contributed by atoms with Gasteiger partial charge in [0.1, 0.15) is 0 Å². The van der Waals surface area contributed by atoms with E-state index in [9.17, 15) is 4.79 Å². The molecular formula is C21H29N3O. The molecule has 4 aliphatic rings. The molecule has 2 atom stereocenters. The topological polar surface area (TPSA) is 44.4 Å². The summed E-state index contributed by atoms with van der Waals surface area (Å²) in [4.78, 5) is 14.4. The minimum absolute atomic E-state index is 0.317. The number of hydrogen-bond donors (Lipinski definition) is 2. The van der Waals surface area contributed by atoms with Crippen LogP contribution < -0.4 is 15.5 Å². The second kappa shape index (κ2) is 6.40. The second-order valence-corrected chi connectivity index (χ2v) is 8.45. The number of carbonyl (C=O) groups is 1. The Morgan fingerprint density at radius 1 is 1.20 bits per heavy atom. The zero-order valence-corrected chi connectivity index (χ0v) is 15.0. The van der Waals surface area contributed by atoms with Crippen LogP contribution in [0.1, 0.15) is 49.1 Å². The van der Waals surface area contributed by atoms with E-state index in [-0.39, 0.29) is 0 Å². The molecule has 4 heteroatoms. The minimum atomic E-state index is 0.317. The highest BCUT2D eigenvalue weighted by atomic mass is 16.2. The third-order valence-corrected chi connectivity index (χ3v) is 6.54. The average molecular weight is 339 g/mol. The molecule has 2 N–H and O–H groups in total. The Balaban J connectivity index is 1.19. The van der Waals surface area contributed by atoms with Gasteiger partial charge < -0.3 is 15.5 Å². The molecule has 25 heavy (non-hydrogen) atoms. The molecule has 5 rings (SSSR count). The molecule has 134 valence electrons. The van der Waals surface area contributed by atoms with Gasteiger partial charge in [-0.1, -0.05) is 12.1 Å². The summed E-state index contributed by atoms with van der Waals surface area (Å²) in [7, 11) is 0. The molecule has 0 spiro atoms. The number of benzene rings is 1. The molecule has 0 bridgehead atoms. The van der Waals surface area contributed by atoms with Gasteiger partial charge in [0.2, 0.25) is 5.91 Å². The number of amides is 1. The summed E-state index contributed by atoms with van der Waals surface area (Å²) in [6.45, 7) is 4.43. The maximum atomic E-state index is 12.4. The lowest BCUT2D eigenvalue weighted by molar-refractivity contribution is -0.119. The van der Waals surface area contributed by atoms with Crippen LogP contribution in [0.3, 0.4) is 0 Å². The summed E-state index contributed by atoms with van der Waals surface area (Å²) in [5.74, 6) is 2.21. The fourth-order valence-corrected chi connectivity index (χ4v) is 4.62. The van der Waals surface area contributed by atoms with Crippen molar-refractivity contribution in [3.05, 3.63) is 29.3 Å². The normalized spacial score (nSPS) is 28.9. The van der Waals surface area contributed by atoms with Gasteiger partial charge in [-0.3, -0.25) is 4.79 Å². The lowest BCUT2D eigenvalue weighted by Gasteiger charge is -2.23. The smallest absolute Gasteiger partial charge is 0.230 e. The Kier molecular flexibility index (Phi) is 4.05. The molecule has 3 fully saturated rings. The molecule has 1 amide bonds. The van der Waals surface area contributed by atoms with Crippen molar-refractivity contribution < 1.29 is 4.79 Å². The maximum absolute atomic E-state index is 12.4. The zero-order chi connectivity index (χ0) is 16.8. The third kappa shape index (κ3) is 3.22. The van der Waals surface area contributed by atoms with E-state index in [4.69, 9.17) is 0 Å². The summed E-state index contributed by atoms with van der Waals surface area (Å²) in [5, 5.41) is 7.24. The summed E-state index contributed by atoms with van der Waals surface area (Å²) in [6.07, 6.45) is 7.11. The van der Waals surface area contributed by atoms with Crippen LogP contribution in [-0.4, -0.2) is 38.1 Å². The fraction of sp³-hybridized carbons (Fsp3) is 0.667. The Bertz CT molecular complexity index is 663. The quantitative estimate of drug-likeness (QED) is 0.866. The van der Waals surface area contributed by atoms with Gasteiger partial charge in [-0.05, 0) is 81.3 Å². The van der Waals surface area contributed by atoms with Gasteiger partial charge in [0.05, 0.1) is 0 Å². The molecule has 1 saturated heterocycles. The van der Waals surface area contributed by atoms with Gasteiger partial charge in [0.25, 0.3) is 0 Å². The molecule has 1 aromatic carbocycles. The van der Waals surface area contributed by atoms with E-state index in [0.717, 1.165) is 31.7 Å². The summed E-state index contributed by atoms with van der Waals surface area (Å²) in [6, 6.07) is 7.53. The SMILES string of the molecule is O=C(C1CC1)N1CCc2cc([C@@H]3C[C@H]3NCC3CCNCC3)ccc21. The van der Waals surface area contributed by atoms with Crippen molar-refractivity contribution in [2.24, 2.45) is 11.8 Å². The number of anilines is 1. The zero-order valence-electron chi connectivity index (χ0n) is 15.0. The van der Waals surface area contributed by atoms with Crippen molar-refractivity contribution in [1.82, 2.24) is 10.6 Å². The van der Waals surface area contributed by atoms with E-state index in [1.54, 1.807) is 0 Å². The van der Waals surface area contributed by atoms with E-state index in [1.807, 2.05) is 4.90 Å². The molecule has 0 unspecified atom stereocenters. The number of nitrogens with one attached hydrogen (secondary N) is 2. The Labute approximate surface area is 150 Å². The molecule has 2 saturated carbocycles. The average Bonchev–Trinajstić information content (AvgIpc) is 3.57. The Morgan fingerprint density at radius 3 is 2.84 bits per heavy atom. The van der Waals surface area contributed by atoms with Crippen molar-refractivity contribution in [3.63, 3.8) is 0 Å². The van der Waals surface area contributed by atoms with Crippen molar-refractivity contribution in [2.45, 2.75) is 50.5 Å². The summed E-state index contributed by atoms with van der Waals surface area (Å²) >= 11 is 0. The van der Waals surface area contributed by atoms with Crippen molar-refractivity contribution in [3.8, 4) is 0 Å². The summed E-state index contributed by atoms with van der Waals surface area (Å²) in [5.41, 5.74) is 4.04. The van der Waals surface area contributed by atoms with Crippen molar-refractivity contribution >= 4 is 11.6 Å². The molecule has 4 nitrogen and oxygen atoms in total. The van der Waals surface area contributed by atoms with Crippen LogP contribution in [0.5, 0.6) is 0 Å². The van der Waals surface area contributed by atoms with Crippen LogP contribution in [0, 0.1) is 11.8 Å². The Hall–Kier alpha value is -1.39. The van der Waals surface area contributed by atoms with E-state index >= 15 is 0 Å². The molecule has 0 radical (unpaired) electrons. The second-order valence-electron chi connectivity index (χ2n) is 8.45. The lowest BCUT2D eigenvalue weighted by Crippen LogP contribution is -2.34. The van der Waals surface area contributed by atoms with Gasteiger partial charge in [0, 0.05) is 30.1 Å². The van der Waals surface area contributed by atoms with Gasteiger partial charge in [-0.2, -0.15) is 0 Å². The highest BCUT2D eigenvalue weighted by Crippen LogP contribution is 2.44. The molecular weight excluding hydrogens is 310 g/mol. The molecule has 0 aromatic heterocycles. The van der Waals surface area contributed by atoms with Crippen LogP contribution in [0.25, 0.3) is 0 Å². The lowest BCUT2D eigenvalue weighted by atomic mass is 9.98. The number of hydrogen-bond acceptors (Lipinski definition) is 3. The largest absolute Gasteiger partial charge is 0.317 e. The van der Waals surface area contributed by atoms with E-state index in [2.05, 4.69) is 28.8 Å². The molecule has 2 aliphatic heterocycles. The predicted octanol–water partition coefficient (Wildman–Crippen LogP) is 2.43. The van der Waals surface area contributed by atoms with Gasteiger partial charge in [-0.25, -0.2) is 0 Å². The first-order chi connectivity index (χ1) is 12.3. The predicted molar refractivity (Wildman–Crippen MR) is 100.0 cm³/mol. The third-order valence-electron chi connectivity index (χ3n) is 6.54. The van der Waals surface area contributed by atoms with Crippen molar-refractivity contribution in [2.75, 3.05) is 31.1 Å². The molecule has 2 heterocycles. The number of rotatable bonds is 5. The summed E-state index contributed by atoms with van der Waals surface area (Å²) < 4.78 is 0. The monoisotopic (exact) mass is 339 g/mol. The molecule has 1 aromatic rings. The van der Waals surface area contributed by atoms with Crippen LogP contribution in [-0.2, 0) is 11.2 Å². The first-order valence-corrected chi connectivity index (χ1v) is 10.2. The van der Waals surface area contributed by atoms with Crippen LogP contribution in [0.4, 0.5) is 5.69 Å².